The highest BCUT2D eigenvalue weighted by atomic mass is 16.6. The summed E-state index contributed by atoms with van der Waals surface area (Å²) in [6.45, 7) is 10.5. The van der Waals surface area contributed by atoms with Crippen molar-refractivity contribution in [1.82, 2.24) is 5.32 Å². The van der Waals surface area contributed by atoms with E-state index in [2.05, 4.69) is 5.32 Å². The van der Waals surface area contributed by atoms with Gasteiger partial charge in [0.25, 0.3) is 0 Å². The molecule has 0 fully saturated rings. The van der Waals surface area contributed by atoms with E-state index >= 15 is 0 Å². The zero-order chi connectivity index (χ0) is 12.8. The third-order valence-electron chi connectivity index (χ3n) is 2.09. The van der Waals surface area contributed by atoms with Gasteiger partial charge in [0.1, 0.15) is 12.4 Å². The minimum absolute atomic E-state index is 0.0248. The molecule has 0 aromatic carbocycles. The summed E-state index contributed by atoms with van der Waals surface area (Å²) < 4.78 is 5.17. The molecule has 0 aliphatic carbocycles. The van der Waals surface area contributed by atoms with Crippen LogP contribution in [0.15, 0.2) is 0 Å². The molecule has 0 aliphatic rings. The van der Waals surface area contributed by atoms with Crippen molar-refractivity contribution in [3.05, 3.63) is 0 Å². The van der Waals surface area contributed by atoms with E-state index in [0.29, 0.717) is 6.54 Å². The van der Waals surface area contributed by atoms with Crippen molar-refractivity contribution in [2.24, 2.45) is 11.3 Å². The Balaban J connectivity index is 4.05. The molecule has 0 spiro atoms. The van der Waals surface area contributed by atoms with Crippen molar-refractivity contribution in [3.8, 4) is 0 Å². The van der Waals surface area contributed by atoms with Gasteiger partial charge < -0.3 is 14.8 Å². The molecule has 0 heterocycles. The number of carbonyl (C=O) groups excluding carboxylic acids is 2. The van der Waals surface area contributed by atoms with Gasteiger partial charge in [0.2, 0.25) is 0 Å². The first kappa shape index (κ1) is 14.9. The fourth-order valence-corrected chi connectivity index (χ4v) is 1.07. The number of ether oxygens (including phenoxy) is 1. The average Bonchev–Trinajstić information content (AvgIpc) is 2.13. The average molecular weight is 229 g/mol. The largest absolute Gasteiger partial charge is 0.446 e. The number of nitrogens with one attached hydrogen (secondary N) is 1. The molecule has 94 valence electrons. The maximum Gasteiger partial charge on any atom is 0.407 e. The fraction of sp³-hybridized carbons (Fsp3) is 0.833. The Morgan fingerprint density at radius 2 is 1.94 bits per heavy atom. The number of hydrogen-bond donors (Lipinski definition) is 1. The molecule has 16 heavy (non-hydrogen) atoms. The third kappa shape index (κ3) is 7.26. The van der Waals surface area contributed by atoms with Crippen molar-refractivity contribution in [3.63, 3.8) is 0 Å². The van der Waals surface area contributed by atoms with Crippen LogP contribution in [-0.2, 0) is 9.53 Å². The normalized spacial score (nSPS) is 13.4. The van der Waals surface area contributed by atoms with E-state index in [1.54, 1.807) is 0 Å². The maximum absolute atomic E-state index is 11.4. The minimum Gasteiger partial charge on any atom is -0.446 e. The van der Waals surface area contributed by atoms with Gasteiger partial charge in [-0.05, 0) is 11.3 Å². The highest BCUT2D eigenvalue weighted by Gasteiger charge is 2.19. The van der Waals surface area contributed by atoms with Gasteiger partial charge in [-0.25, -0.2) is 4.79 Å². The van der Waals surface area contributed by atoms with Gasteiger partial charge in [-0.1, -0.05) is 34.6 Å². The van der Waals surface area contributed by atoms with Crippen LogP contribution in [0.2, 0.25) is 0 Å². The molecule has 0 saturated heterocycles. The second-order valence-electron chi connectivity index (χ2n) is 5.50. The van der Waals surface area contributed by atoms with Crippen molar-refractivity contribution >= 4 is 12.4 Å². The molecule has 1 N–H and O–H groups in total. The van der Waals surface area contributed by atoms with Gasteiger partial charge >= 0.3 is 6.09 Å². The van der Waals surface area contributed by atoms with E-state index in [1.807, 2.05) is 34.6 Å². The molecule has 0 radical (unpaired) electrons. The summed E-state index contributed by atoms with van der Waals surface area (Å²) in [7, 11) is 0. The number of aldehydes is 1. The Kier molecular flexibility index (Phi) is 6.08. The third-order valence-corrected chi connectivity index (χ3v) is 2.09. The fourth-order valence-electron chi connectivity index (χ4n) is 1.07. The molecular weight excluding hydrogens is 206 g/mol. The Morgan fingerprint density at radius 3 is 2.31 bits per heavy atom. The Bertz CT molecular complexity index is 231. The summed E-state index contributed by atoms with van der Waals surface area (Å²) in [5.74, 6) is 0.144. The summed E-state index contributed by atoms with van der Waals surface area (Å²) in [4.78, 5) is 21.8. The number of amides is 1. The Labute approximate surface area is 97.7 Å². The van der Waals surface area contributed by atoms with Crippen LogP contribution in [0.1, 0.15) is 41.0 Å². The number of hydrogen-bond acceptors (Lipinski definition) is 3. The molecule has 4 nitrogen and oxygen atoms in total. The van der Waals surface area contributed by atoms with Crippen LogP contribution >= 0.6 is 0 Å². The summed E-state index contributed by atoms with van der Waals surface area (Å²) >= 11 is 0. The van der Waals surface area contributed by atoms with Gasteiger partial charge in [0.05, 0.1) is 0 Å². The first-order chi connectivity index (χ1) is 7.26. The van der Waals surface area contributed by atoms with E-state index in [9.17, 15) is 9.59 Å². The maximum atomic E-state index is 11.4. The van der Waals surface area contributed by atoms with Crippen molar-refractivity contribution in [2.75, 3.05) is 6.54 Å². The molecule has 0 aliphatic heterocycles. The van der Waals surface area contributed by atoms with Crippen LogP contribution in [0.4, 0.5) is 4.79 Å². The standard InChI is InChI=1S/C12H23NO3/c1-9(2)10(6-7-14)16-11(15)13-8-12(3,4)5/h7,9-10H,6,8H2,1-5H3,(H,13,15)/t10-/m1/s1. The summed E-state index contributed by atoms with van der Waals surface area (Å²) in [5, 5.41) is 2.69. The lowest BCUT2D eigenvalue weighted by atomic mass is 9.97. The van der Waals surface area contributed by atoms with E-state index in [0.717, 1.165) is 6.29 Å². The van der Waals surface area contributed by atoms with Crippen LogP contribution < -0.4 is 5.32 Å². The molecule has 1 amide bonds. The second kappa shape index (κ2) is 6.51. The highest BCUT2D eigenvalue weighted by Crippen LogP contribution is 2.12. The zero-order valence-corrected chi connectivity index (χ0v) is 10.9. The summed E-state index contributed by atoms with van der Waals surface area (Å²) in [6, 6.07) is 0. The van der Waals surface area contributed by atoms with Crippen molar-refractivity contribution in [1.29, 1.82) is 0 Å². The number of carbonyl (C=O) groups is 2. The van der Waals surface area contributed by atoms with E-state index < -0.39 is 6.09 Å². The van der Waals surface area contributed by atoms with E-state index in [4.69, 9.17) is 4.74 Å². The summed E-state index contributed by atoms with van der Waals surface area (Å²) in [5.41, 5.74) is 0.0248. The Hall–Kier alpha value is -1.06. The van der Waals surface area contributed by atoms with E-state index in [1.165, 1.54) is 0 Å². The van der Waals surface area contributed by atoms with Crippen LogP contribution in [0.25, 0.3) is 0 Å². The molecule has 0 unspecified atom stereocenters. The first-order valence-electron chi connectivity index (χ1n) is 5.64. The first-order valence-corrected chi connectivity index (χ1v) is 5.64. The molecule has 0 bridgehead atoms. The topological polar surface area (TPSA) is 55.4 Å². The molecule has 1 atom stereocenters. The lowest BCUT2D eigenvalue weighted by Gasteiger charge is -2.22. The van der Waals surface area contributed by atoms with Crippen molar-refractivity contribution < 1.29 is 14.3 Å². The molecule has 0 aromatic heterocycles. The smallest absolute Gasteiger partial charge is 0.407 e. The van der Waals surface area contributed by atoms with Gasteiger partial charge in [0.15, 0.2) is 0 Å². The Morgan fingerprint density at radius 1 is 1.38 bits per heavy atom. The molecule has 0 aromatic rings. The van der Waals surface area contributed by atoms with Crippen LogP contribution in [-0.4, -0.2) is 25.0 Å². The quantitative estimate of drug-likeness (QED) is 0.736. The second-order valence-corrected chi connectivity index (χ2v) is 5.50. The van der Waals surface area contributed by atoms with Gasteiger partial charge in [-0.2, -0.15) is 0 Å². The van der Waals surface area contributed by atoms with Crippen LogP contribution in [0.3, 0.4) is 0 Å². The number of rotatable bonds is 5. The molecule has 0 saturated carbocycles. The predicted molar refractivity (Wildman–Crippen MR) is 63.2 cm³/mol. The van der Waals surface area contributed by atoms with Gasteiger partial charge in [-0.3, -0.25) is 0 Å². The lowest BCUT2D eigenvalue weighted by molar-refractivity contribution is -0.110. The molecule has 4 heteroatoms. The SMILES string of the molecule is CC(C)[C@@H](CC=O)OC(=O)NCC(C)(C)C. The monoisotopic (exact) mass is 229 g/mol. The lowest BCUT2D eigenvalue weighted by Crippen LogP contribution is -2.36. The molecule has 0 rings (SSSR count). The van der Waals surface area contributed by atoms with Crippen molar-refractivity contribution in [2.45, 2.75) is 47.1 Å². The number of alkyl carbamates (subject to hydrolysis) is 1. The molecular formula is C12H23NO3. The highest BCUT2D eigenvalue weighted by molar-refractivity contribution is 5.67. The van der Waals surface area contributed by atoms with Crippen LogP contribution in [0.5, 0.6) is 0 Å². The van der Waals surface area contributed by atoms with Gasteiger partial charge in [-0.15, -0.1) is 0 Å². The minimum atomic E-state index is -0.449. The van der Waals surface area contributed by atoms with Crippen LogP contribution in [0, 0.1) is 11.3 Å². The van der Waals surface area contributed by atoms with Gasteiger partial charge in [0, 0.05) is 13.0 Å². The predicted octanol–water partition coefficient (Wildman–Crippen LogP) is 2.37. The zero-order valence-electron chi connectivity index (χ0n) is 10.9. The van der Waals surface area contributed by atoms with E-state index in [-0.39, 0.29) is 23.9 Å². The summed E-state index contributed by atoms with van der Waals surface area (Å²) in [6.07, 6.45) is 0.246.